The maximum Gasteiger partial charge on any atom is 0.124 e. The zero-order valence-electron chi connectivity index (χ0n) is 10.0. The van der Waals surface area contributed by atoms with Gasteiger partial charge in [-0.25, -0.2) is 9.37 Å². The highest BCUT2D eigenvalue weighted by atomic mass is 35.5. The number of nitrogens with one attached hydrogen (secondary N) is 1. The van der Waals surface area contributed by atoms with E-state index in [4.69, 9.17) is 11.6 Å². The summed E-state index contributed by atoms with van der Waals surface area (Å²) in [4.78, 5) is 4.63. The number of aromatic nitrogens is 1. The van der Waals surface area contributed by atoms with Crippen molar-refractivity contribution in [1.29, 1.82) is 0 Å². The van der Waals surface area contributed by atoms with E-state index in [1.807, 2.05) is 17.1 Å². The van der Waals surface area contributed by atoms with Crippen molar-refractivity contribution in [2.24, 2.45) is 0 Å². The maximum absolute atomic E-state index is 13.0. The Morgan fingerprint density at radius 1 is 1.42 bits per heavy atom. The molecule has 2 aromatic rings. The number of benzene rings is 1. The molecule has 1 aliphatic rings. The highest BCUT2D eigenvalue weighted by molar-refractivity contribution is 7.99. The zero-order chi connectivity index (χ0) is 13.2. The molecule has 1 aromatic carbocycles. The SMILES string of the molecule is Fc1ccc(-c2csc(C3CSCCN3)n2)c(Cl)c1. The monoisotopic (exact) mass is 314 g/mol. The summed E-state index contributed by atoms with van der Waals surface area (Å²) in [6.45, 7) is 1.02. The fourth-order valence-corrected chi connectivity index (χ4v) is 4.20. The van der Waals surface area contributed by atoms with Gasteiger partial charge in [0, 0.05) is 29.0 Å². The van der Waals surface area contributed by atoms with E-state index in [2.05, 4.69) is 10.3 Å². The third-order valence-corrected chi connectivity index (χ3v) is 5.28. The molecular weight excluding hydrogens is 303 g/mol. The molecule has 2 heterocycles. The molecule has 0 aliphatic carbocycles. The molecule has 6 heteroatoms. The zero-order valence-corrected chi connectivity index (χ0v) is 12.4. The lowest BCUT2D eigenvalue weighted by Gasteiger charge is -2.20. The summed E-state index contributed by atoms with van der Waals surface area (Å²) in [5, 5.41) is 6.92. The fourth-order valence-electron chi connectivity index (χ4n) is 1.99. The van der Waals surface area contributed by atoms with Gasteiger partial charge in [-0.3, -0.25) is 0 Å². The molecule has 0 bridgehead atoms. The Kier molecular flexibility index (Phi) is 4.07. The lowest BCUT2D eigenvalue weighted by Crippen LogP contribution is -2.30. The third kappa shape index (κ3) is 2.94. The van der Waals surface area contributed by atoms with Crippen LogP contribution in [0.1, 0.15) is 11.0 Å². The highest BCUT2D eigenvalue weighted by Gasteiger charge is 2.19. The van der Waals surface area contributed by atoms with E-state index in [-0.39, 0.29) is 5.82 Å². The Morgan fingerprint density at radius 3 is 3.05 bits per heavy atom. The van der Waals surface area contributed by atoms with Crippen LogP contribution < -0.4 is 5.32 Å². The van der Waals surface area contributed by atoms with Crippen molar-refractivity contribution in [1.82, 2.24) is 10.3 Å². The molecule has 2 nitrogen and oxygen atoms in total. The van der Waals surface area contributed by atoms with Crippen molar-refractivity contribution in [3.8, 4) is 11.3 Å². The minimum absolute atomic E-state index is 0.316. The van der Waals surface area contributed by atoms with Gasteiger partial charge >= 0.3 is 0 Å². The van der Waals surface area contributed by atoms with Crippen molar-refractivity contribution in [2.45, 2.75) is 6.04 Å². The van der Waals surface area contributed by atoms with Gasteiger partial charge in [0.1, 0.15) is 10.8 Å². The normalized spacial score (nSPS) is 19.6. The largest absolute Gasteiger partial charge is 0.306 e. The van der Waals surface area contributed by atoms with Gasteiger partial charge in [0.05, 0.1) is 16.8 Å². The summed E-state index contributed by atoms with van der Waals surface area (Å²) in [6.07, 6.45) is 0. The Balaban J connectivity index is 1.87. The fraction of sp³-hybridized carbons (Fsp3) is 0.308. The van der Waals surface area contributed by atoms with Gasteiger partial charge in [-0.1, -0.05) is 11.6 Å². The van der Waals surface area contributed by atoms with E-state index >= 15 is 0 Å². The summed E-state index contributed by atoms with van der Waals surface area (Å²) < 4.78 is 13.0. The van der Waals surface area contributed by atoms with Crippen LogP contribution in [0.3, 0.4) is 0 Å². The van der Waals surface area contributed by atoms with Gasteiger partial charge in [0.15, 0.2) is 0 Å². The first-order chi connectivity index (χ1) is 9.24. The molecule has 0 spiro atoms. The van der Waals surface area contributed by atoms with Crippen molar-refractivity contribution < 1.29 is 4.39 Å². The van der Waals surface area contributed by atoms with Crippen molar-refractivity contribution in [3.05, 3.63) is 39.4 Å². The number of nitrogens with zero attached hydrogens (tertiary/aromatic N) is 1. The van der Waals surface area contributed by atoms with E-state index in [9.17, 15) is 4.39 Å². The first kappa shape index (κ1) is 13.4. The Bertz CT molecular complexity index is 582. The van der Waals surface area contributed by atoms with Crippen molar-refractivity contribution >= 4 is 34.7 Å². The minimum atomic E-state index is -0.324. The summed E-state index contributed by atoms with van der Waals surface area (Å²) >= 11 is 9.62. The van der Waals surface area contributed by atoms with Gasteiger partial charge < -0.3 is 5.32 Å². The number of thiazole rings is 1. The third-order valence-electron chi connectivity index (χ3n) is 2.95. The standard InChI is InChI=1S/C13H12ClFN2S2/c14-10-5-8(15)1-2-9(10)11-7-19-13(17-11)12-6-18-4-3-16-12/h1-2,5,7,12,16H,3-4,6H2. The summed E-state index contributed by atoms with van der Waals surface area (Å²) in [7, 11) is 0. The number of hydrogen-bond acceptors (Lipinski definition) is 4. The van der Waals surface area contributed by atoms with Crippen LogP contribution in [0.15, 0.2) is 23.6 Å². The van der Waals surface area contributed by atoms with Crippen LogP contribution >= 0.6 is 34.7 Å². The smallest absolute Gasteiger partial charge is 0.124 e. The van der Waals surface area contributed by atoms with E-state index in [1.54, 1.807) is 17.4 Å². The molecule has 0 saturated carbocycles. The average Bonchev–Trinajstić information content (AvgIpc) is 2.89. The topological polar surface area (TPSA) is 24.9 Å². The molecule has 1 unspecified atom stereocenters. The van der Waals surface area contributed by atoms with Crippen molar-refractivity contribution in [2.75, 3.05) is 18.1 Å². The minimum Gasteiger partial charge on any atom is -0.306 e. The summed E-state index contributed by atoms with van der Waals surface area (Å²) in [5.41, 5.74) is 1.61. The van der Waals surface area contributed by atoms with Gasteiger partial charge in [-0.2, -0.15) is 11.8 Å². The average molecular weight is 315 g/mol. The summed E-state index contributed by atoms with van der Waals surface area (Å²) in [6, 6.07) is 4.73. The predicted molar refractivity (Wildman–Crippen MR) is 80.6 cm³/mol. The number of thioether (sulfide) groups is 1. The Hall–Kier alpha value is -0.620. The highest BCUT2D eigenvalue weighted by Crippen LogP contribution is 2.32. The molecule has 0 amide bonds. The molecule has 3 rings (SSSR count). The molecule has 1 atom stereocenters. The number of halogens is 2. The summed E-state index contributed by atoms with van der Waals surface area (Å²) in [5.74, 6) is 1.87. The lowest BCUT2D eigenvalue weighted by molar-refractivity contribution is 0.592. The van der Waals surface area contributed by atoms with Crippen LogP contribution in [-0.4, -0.2) is 23.0 Å². The van der Waals surface area contributed by atoms with Crippen LogP contribution in [0.25, 0.3) is 11.3 Å². The van der Waals surface area contributed by atoms with E-state index in [1.165, 1.54) is 12.1 Å². The first-order valence-electron chi connectivity index (χ1n) is 5.96. The van der Waals surface area contributed by atoms with Gasteiger partial charge in [-0.15, -0.1) is 11.3 Å². The lowest BCUT2D eigenvalue weighted by atomic mass is 10.2. The number of hydrogen-bond donors (Lipinski definition) is 1. The quantitative estimate of drug-likeness (QED) is 0.907. The maximum atomic E-state index is 13.0. The molecule has 0 radical (unpaired) electrons. The Labute approximate surface area is 124 Å². The van der Waals surface area contributed by atoms with Crippen LogP contribution in [0, 0.1) is 5.82 Å². The van der Waals surface area contributed by atoms with Gasteiger partial charge in [0.2, 0.25) is 0 Å². The first-order valence-corrected chi connectivity index (χ1v) is 8.37. The second-order valence-corrected chi connectivity index (χ2v) is 6.72. The Morgan fingerprint density at radius 2 is 2.32 bits per heavy atom. The molecule has 1 saturated heterocycles. The second-order valence-electron chi connectivity index (χ2n) is 4.28. The van der Waals surface area contributed by atoms with Crippen LogP contribution in [0.2, 0.25) is 5.02 Å². The molecular formula is C13H12ClFN2S2. The molecule has 1 fully saturated rings. The van der Waals surface area contributed by atoms with Crippen LogP contribution in [0.5, 0.6) is 0 Å². The van der Waals surface area contributed by atoms with Gasteiger partial charge in [-0.05, 0) is 18.2 Å². The van der Waals surface area contributed by atoms with Crippen molar-refractivity contribution in [3.63, 3.8) is 0 Å². The molecule has 100 valence electrons. The molecule has 1 aromatic heterocycles. The van der Waals surface area contributed by atoms with Gasteiger partial charge in [0.25, 0.3) is 0 Å². The molecule has 1 aliphatic heterocycles. The molecule has 19 heavy (non-hydrogen) atoms. The second kappa shape index (κ2) is 5.79. The van der Waals surface area contributed by atoms with E-state index in [0.717, 1.165) is 34.3 Å². The van der Waals surface area contributed by atoms with E-state index < -0.39 is 0 Å². The van der Waals surface area contributed by atoms with Crippen LogP contribution in [0.4, 0.5) is 4.39 Å². The van der Waals surface area contributed by atoms with Crippen LogP contribution in [-0.2, 0) is 0 Å². The number of rotatable bonds is 2. The van der Waals surface area contributed by atoms with E-state index in [0.29, 0.717) is 11.1 Å². The predicted octanol–water partition coefficient (Wildman–Crippen LogP) is 3.98. The molecule has 1 N–H and O–H groups in total.